The average Bonchev–Trinajstić information content (AvgIpc) is 2.82. The van der Waals surface area contributed by atoms with Gasteiger partial charge in [0, 0.05) is 18.5 Å². The van der Waals surface area contributed by atoms with Crippen LogP contribution in [-0.4, -0.2) is 30.3 Å². The molecule has 2 aromatic rings. The van der Waals surface area contributed by atoms with Gasteiger partial charge in [0.05, 0.1) is 0 Å². The molecule has 25 heavy (non-hydrogen) atoms. The Bertz CT molecular complexity index is 716. The topological polar surface area (TPSA) is 20.3 Å². The van der Waals surface area contributed by atoms with Crippen LogP contribution in [0.4, 0.5) is 0 Å². The quantitative estimate of drug-likeness (QED) is 0.759. The van der Waals surface area contributed by atoms with Gasteiger partial charge in [-0.2, -0.15) is 0 Å². The van der Waals surface area contributed by atoms with E-state index in [0.717, 1.165) is 44.5 Å². The number of nitrogens with zero attached hydrogens (tertiary/aromatic N) is 1. The number of rotatable bonds is 3. The van der Waals surface area contributed by atoms with E-state index in [4.69, 9.17) is 0 Å². The highest BCUT2D eigenvalue weighted by atomic mass is 16.1. The van der Waals surface area contributed by atoms with Gasteiger partial charge >= 0.3 is 0 Å². The minimum atomic E-state index is 0.345. The fraction of sp³-hybridized carbons (Fsp3) is 0.435. The molecule has 1 saturated heterocycles. The van der Waals surface area contributed by atoms with Gasteiger partial charge in [-0.25, -0.2) is 0 Å². The molecule has 2 heteroatoms. The molecule has 4 rings (SSSR count). The summed E-state index contributed by atoms with van der Waals surface area (Å²) in [6, 6.07) is 19.1. The summed E-state index contributed by atoms with van der Waals surface area (Å²) in [6.45, 7) is 3.41. The van der Waals surface area contributed by atoms with Gasteiger partial charge in [0.25, 0.3) is 0 Å². The van der Waals surface area contributed by atoms with E-state index in [2.05, 4.69) is 47.4 Å². The van der Waals surface area contributed by atoms with Gasteiger partial charge in [0.2, 0.25) is 0 Å². The second kappa shape index (κ2) is 7.53. The highest BCUT2D eigenvalue weighted by molar-refractivity contribution is 5.97. The number of aryl methyl sites for hydroxylation is 1. The largest absolute Gasteiger partial charge is 0.303 e. The van der Waals surface area contributed by atoms with Crippen molar-refractivity contribution < 1.29 is 4.79 Å². The molecule has 1 heterocycles. The Morgan fingerprint density at radius 2 is 1.60 bits per heavy atom. The summed E-state index contributed by atoms with van der Waals surface area (Å²) in [7, 11) is 0. The van der Waals surface area contributed by atoms with Gasteiger partial charge in [0.1, 0.15) is 0 Å². The first kappa shape index (κ1) is 16.5. The van der Waals surface area contributed by atoms with Crippen molar-refractivity contribution in [3.8, 4) is 0 Å². The zero-order valence-electron chi connectivity index (χ0n) is 14.9. The van der Waals surface area contributed by atoms with Crippen molar-refractivity contribution in [2.24, 2.45) is 5.92 Å². The molecule has 2 nitrogen and oxygen atoms in total. The standard InChI is InChI=1S/C23H27NO/c25-23-16-18(10-11-21-8-4-5-9-22(21)23)17-24-14-12-20(13-15-24)19-6-2-1-3-7-19/h1-9,18,20H,10-17H2. The third-order valence-corrected chi connectivity index (χ3v) is 5.99. The molecule has 1 unspecified atom stereocenters. The van der Waals surface area contributed by atoms with Crippen LogP contribution in [0, 0.1) is 5.92 Å². The summed E-state index contributed by atoms with van der Waals surface area (Å²) in [4.78, 5) is 15.2. The Morgan fingerprint density at radius 3 is 2.40 bits per heavy atom. The molecule has 1 atom stereocenters. The van der Waals surface area contributed by atoms with Crippen molar-refractivity contribution in [3.05, 3.63) is 71.3 Å². The van der Waals surface area contributed by atoms with Crippen molar-refractivity contribution in [1.82, 2.24) is 4.90 Å². The zero-order chi connectivity index (χ0) is 17.1. The first-order valence-electron chi connectivity index (χ1n) is 9.68. The van der Waals surface area contributed by atoms with Crippen LogP contribution in [0.15, 0.2) is 54.6 Å². The molecule has 2 aromatic carbocycles. The number of Topliss-reactive ketones (excluding diaryl/α,β-unsaturated/α-hetero) is 1. The Balaban J connectivity index is 1.33. The fourth-order valence-electron chi connectivity index (χ4n) is 4.54. The molecule has 0 saturated carbocycles. The van der Waals surface area contributed by atoms with Gasteiger partial charge < -0.3 is 4.90 Å². The first-order chi connectivity index (χ1) is 12.3. The zero-order valence-corrected chi connectivity index (χ0v) is 14.9. The summed E-state index contributed by atoms with van der Waals surface area (Å²) in [6.07, 6.45) is 5.39. The Labute approximate surface area is 150 Å². The molecule has 0 bridgehead atoms. The number of carbonyl (C=O) groups excluding carboxylic acids is 1. The number of hydrogen-bond donors (Lipinski definition) is 0. The minimum absolute atomic E-state index is 0.345. The van der Waals surface area contributed by atoms with E-state index < -0.39 is 0 Å². The molecule has 0 spiro atoms. The molecule has 0 radical (unpaired) electrons. The van der Waals surface area contributed by atoms with Gasteiger partial charge in [-0.1, -0.05) is 54.6 Å². The molecule has 1 aliphatic carbocycles. The fourth-order valence-corrected chi connectivity index (χ4v) is 4.54. The number of likely N-dealkylation sites (tertiary alicyclic amines) is 1. The number of ketones is 1. The van der Waals surface area contributed by atoms with E-state index in [1.807, 2.05) is 12.1 Å². The monoisotopic (exact) mass is 333 g/mol. The van der Waals surface area contributed by atoms with E-state index in [9.17, 15) is 4.79 Å². The van der Waals surface area contributed by atoms with Gasteiger partial charge in [0.15, 0.2) is 5.78 Å². The number of piperidine rings is 1. The third kappa shape index (κ3) is 3.85. The average molecular weight is 333 g/mol. The van der Waals surface area contributed by atoms with Crippen LogP contribution >= 0.6 is 0 Å². The molecule has 0 N–H and O–H groups in total. The maximum atomic E-state index is 12.6. The summed E-state index contributed by atoms with van der Waals surface area (Å²) in [5.74, 6) is 1.56. The van der Waals surface area contributed by atoms with Gasteiger partial charge in [-0.3, -0.25) is 4.79 Å². The van der Waals surface area contributed by atoms with E-state index in [1.54, 1.807) is 0 Å². The van der Waals surface area contributed by atoms with Crippen molar-refractivity contribution in [2.45, 2.75) is 38.0 Å². The third-order valence-electron chi connectivity index (χ3n) is 5.99. The summed E-state index contributed by atoms with van der Waals surface area (Å²) < 4.78 is 0. The smallest absolute Gasteiger partial charge is 0.163 e. The molecule has 0 aromatic heterocycles. The van der Waals surface area contributed by atoms with Crippen LogP contribution < -0.4 is 0 Å². The Kier molecular flexibility index (Phi) is 4.98. The van der Waals surface area contributed by atoms with Gasteiger partial charge in [-0.05, 0) is 61.7 Å². The predicted octanol–water partition coefficient (Wildman–Crippen LogP) is 4.70. The van der Waals surface area contributed by atoms with Crippen LogP contribution in [0.3, 0.4) is 0 Å². The van der Waals surface area contributed by atoms with E-state index >= 15 is 0 Å². The van der Waals surface area contributed by atoms with Crippen molar-refractivity contribution >= 4 is 5.78 Å². The van der Waals surface area contributed by atoms with Crippen molar-refractivity contribution in [1.29, 1.82) is 0 Å². The summed E-state index contributed by atoms with van der Waals surface area (Å²) >= 11 is 0. The number of hydrogen-bond acceptors (Lipinski definition) is 2. The lowest BCUT2D eigenvalue weighted by molar-refractivity contribution is 0.0941. The normalized spacial score (nSPS) is 22.4. The lowest BCUT2D eigenvalue weighted by Crippen LogP contribution is -2.37. The van der Waals surface area contributed by atoms with Crippen LogP contribution in [-0.2, 0) is 6.42 Å². The van der Waals surface area contributed by atoms with Crippen LogP contribution in [0.2, 0.25) is 0 Å². The lowest BCUT2D eigenvalue weighted by atomic mass is 9.88. The summed E-state index contributed by atoms with van der Waals surface area (Å²) in [5, 5.41) is 0. The SMILES string of the molecule is O=C1CC(CN2CCC(c3ccccc3)CC2)CCc2ccccc21. The van der Waals surface area contributed by atoms with Crippen LogP contribution in [0.1, 0.15) is 53.1 Å². The Hall–Kier alpha value is -1.93. The number of fused-ring (bicyclic) bond motifs is 1. The summed E-state index contributed by atoms with van der Waals surface area (Å²) in [5.41, 5.74) is 3.70. The minimum Gasteiger partial charge on any atom is -0.303 e. The highest BCUT2D eigenvalue weighted by Crippen LogP contribution is 2.30. The van der Waals surface area contributed by atoms with Gasteiger partial charge in [-0.15, -0.1) is 0 Å². The Morgan fingerprint density at radius 1 is 0.880 bits per heavy atom. The van der Waals surface area contributed by atoms with E-state index in [1.165, 1.54) is 24.0 Å². The number of benzene rings is 2. The number of carbonyl (C=O) groups is 1. The maximum absolute atomic E-state index is 12.6. The molecular weight excluding hydrogens is 306 g/mol. The van der Waals surface area contributed by atoms with E-state index in [0.29, 0.717) is 17.6 Å². The lowest BCUT2D eigenvalue weighted by Gasteiger charge is -2.34. The molecule has 130 valence electrons. The predicted molar refractivity (Wildman–Crippen MR) is 102 cm³/mol. The van der Waals surface area contributed by atoms with E-state index in [-0.39, 0.29) is 0 Å². The second-order valence-corrected chi connectivity index (χ2v) is 7.67. The maximum Gasteiger partial charge on any atom is 0.163 e. The molecule has 1 fully saturated rings. The molecule has 2 aliphatic rings. The second-order valence-electron chi connectivity index (χ2n) is 7.67. The molecular formula is C23H27NO. The van der Waals surface area contributed by atoms with Crippen LogP contribution in [0.5, 0.6) is 0 Å². The van der Waals surface area contributed by atoms with Crippen LogP contribution in [0.25, 0.3) is 0 Å². The molecule has 1 aliphatic heterocycles. The highest BCUT2D eigenvalue weighted by Gasteiger charge is 2.26. The van der Waals surface area contributed by atoms with Crippen molar-refractivity contribution in [3.63, 3.8) is 0 Å². The molecule has 0 amide bonds. The first-order valence-corrected chi connectivity index (χ1v) is 9.68. The van der Waals surface area contributed by atoms with Crippen molar-refractivity contribution in [2.75, 3.05) is 19.6 Å².